The molecule has 0 aliphatic carbocycles. The number of allylic oxidation sites excluding steroid dienone is 1. The van der Waals surface area contributed by atoms with Gasteiger partial charge in [-0.25, -0.2) is 0 Å². The number of hydrogen-bond acceptors (Lipinski definition) is 1. The first-order valence-electron chi connectivity index (χ1n) is 3.19. The number of benzene rings is 1. The lowest BCUT2D eigenvalue weighted by Gasteiger charge is -2.02. The topological polar surface area (TPSA) is 23.1 Å². The van der Waals surface area contributed by atoms with Crippen LogP contribution in [0.5, 0.6) is 0 Å². The average molecular weight is 133 g/mol. The van der Waals surface area contributed by atoms with Crippen molar-refractivity contribution < 1.29 is 5.11 Å². The van der Waals surface area contributed by atoms with E-state index in [9.17, 15) is 5.11 Å². The quantitative estimate of drug-likeness (QED) is 0.531. The van der Waals surface area contributed by atoms with E-state index in [0.717, 1.165) is 5.56 Å². The normalized spacial score (nSPS) is 11.5. The Kier molecular flexibility index (Phi) is 2.11. The molecule has 1 aromatic carbocycles. The molecule has 0 saturated carbocycles. The molecule has 0 aromatic heterocycles. The Morgan fingerprint density at radius 1 is 1.30 bits per heavy atom. The first kappa shape index (κ1) is 6.87. The lowest BCUT2D eigenvalue weighted by molar-refractivity contribution is -0.299. The maximum atomic E-state index is 10.6. The van der Waals surface area contributed by atoms with Gasteiger partial charge in [0.25, 0.3) is 0 Å². The van der Waals surface area contributed by atoms with Crippen LogP contribution in [0.2, 0.25) is 0 Å². The van der Waals surface area contributed by atoms with Gasteiger partial charge in [0.2, 0.25) is 0 Å². The molecular formula is C9H9O-. The van der Waals surface area contributed by atoms with Crippen LogP contribution in [0.15, 0.2) is 36.1 Å². The minimum Gasteiger partial charge on any atom is -0.876 e. The number of hydrogen-bond donors (Lipinski definition) is 0. The van der Waals surface area contributed by atoms with E-state index < -0.39 is 0 Å². The molecule has 0 N–H and O–H groups in total. The molecule has 0 bridgehead atoms. The van der Waals surface area contributed by atoms with Crippen molar-refractivity contribution in [1.29, 1.82) is 0 Å². The molecule has 0 fully saturated rings. The van der Waals surface area contributed by atoms with E-state index in [1.807, 2.05) is 30.3 Å². The highest BCUT2D eigenvalue weighted by atomic mass is 16.3. The van der Waals surface area contributed by atoms with Gasteiger partial charge < -0.3 is 5.11 Å². The summed E-state index contributed by atoms with van der Waals surface area (Å²) in [6, 6.07) is 9.56. The van der Waals surface area contributed by atoms with Crippen molar-refractivity contribution in [2.75, 3.05) is 0 Å². The lowest BCUT2D eigenvalue weighted by Crippen LogP contribution is -1.96. The monoisotopic (exact) mass is 133 g/mol. The Morgan fingerprint density at radius 3 is 2.40 bits per heavy atom. The zero-order valence-electron chi connectivity index (χ0n) is 5.87. The van der Waals surface area contributed by atoms with Crippen LogP contribution in [0.4, 0.5) is 0 Å². The molecule has 0 amide bonds. The Labute approximate surface area is 60.6 Å². The molecule has 10 heavy (non-hydrogen) atoms. The average Bonchev–Trinajstić information content (AvgIpc) is 1.88. The second-order valence-electron chi connectivity index (χ2n) is 2.17. The fourth-order valence-electron chi connectivity index (χ4n) is 0.784. The van der Waals surface area contributed by atoms with Crippen LogP contribution < -0.4 is 5.11 Å². The van der Waals surface area contributed by atoms with Crippen LogP contribution >= 0.6 is 0 Å². The van der Waals surface area contributed by atoms with E-state index in [1.165, 1.54) is 0 Å². The molecule has 0 atom stereocenters. The number of rotatable bonds is 1. The third kappa shape index (κ3) is 1.94. The zero-order valence-corrected chi connectivity index (χ0v) is 5.87. The highest BCUT2D eigenvalue weighted by Crippen LogP contribution is 2.01. The first-order chi connectivity index (χ1) is 4.79. The predicted octanol–water partition coefficient (Wildman–Crippen LogP) is 1.41. The van der Waals surface area contributed by atoms with Gasteiger partial charge in [-0.3, -0.25) is 0 Å². The van der Waals surface area contributed by atoms with Crippen molar-refractivity contribution in [3.63, 3.8) is 0 Å². The third-order valence-corrected chi connectivity index (χ3v) is 1.17. The molecule has 0 aliphatic rings. The summed E-state index contributed by atoms with van der Waals surface area (Å²) in [7, 11) is 0. The van der Waals surface area contributed by atoms with Crippen LogP contribution in [-0.4, -0.2) is 0 Å². The van der Waals surface area contributed by atoms with Crippen LogP contribution in [0.1, 0.15) is 12.5 Å². The molecule has 0 radical (unpaired) electrons. The van der Waals surface area contributed by atoms with Crippen molar-refractivity contribution in [1.82, 2.24) is 0 Å². The van der Waals surface area contributed by atoms with E-state index in [1.54, 1.807) is 13.0 Å². The Hall–Kier alpha value is -1.24. The summed E-state index contributed by atoms with van der Waals surface area (Å²) in [4.78, 5) is 0. The van der Waals surface area contributed by atoms with Crippen LogP contribution in [0.25, 0.3) is 6.08 Å². The van der Waals surface area contributed by atoms with Crippen molar-refractivity contribution in [3.05, 3.63) is 41.7 Å². The summed E-state index contributed by atoms with van der Waals surface area (Å²) in [6.07, 6.45) is 1.61. The van der Waals surface area contributed by atoms with Gasteiger partial charge in [0, 0.05) is 0 Å². The van der Waals surface area contributed by atoms with E-state index in [2.05, 4.69) is 0 Å². The molecule has 0 unspecified atom stereocenters. The largest absolute Gasteiger partial charge is 0.876 e. The summed E-state index contributed by atoms with van der Waals surface area (Å²) in [5.41, 5.74) is 0.968. The highest BCUT2D eigenvalue weighted by Gasteiger charge is 1.79. The SMILES string of the molecule is C/C([O-])=C\c1ccccc1. The van der Waals surface area contributed by atoms with Gasteiger partial charge >= 0.3 is 0 Å². The summed E-state index contributed by atoms with van der Waals surface area (Å²) in [5, 5.41) is 10.6. The van der Waals surface area contributed by atoms with Gasteiger partial charge in [-0.2, -0.15) is 0 Å². The van der Waals surface area contributed by atoms with Crippen LogP contribution in [0, 0.1) is 0 Å². The second-order valence-corrected chi connectivity index (χ2v) is 2.17. The Morgan fingerprint density at radius 2 is 1.90 bits per heavy atom. The van der Waals surface area contributed by atoms with E-state index in [-0.39, 0.29) is 5.76 Å². The molecule has 0 aliphatic heterocycles. The maximum absolute atomic E-state index is 10.6. The van der Waals surface area contributed by atoms with Gasteiger partial charge in [-0.05, 0) is 5.56 Å². The first-order valence-corrected chi connectivity index (χ1v) is 3.19. The van der Waals surface area contributed by atoms with Crippen molar-refractivity contribution in [2.45, 2.75) is 6.92 Å². The van der Waals surface area contributed by atoms with E-state index in [4.69, 9.17) is 0 Å². The molecule has 0 spiro atoms. The molecule has 0 saturated heterocycles. The van der Waals surface area contributed by atoms with Gasteiger partial charge in [0.05, 0.1) is 0 Å². The summed E-state index contributed by atoms with van der Waals surface area (Å²) in [6.45, 7) is 1.55. The van der Waals surface area contributed by atoms with Crippen molar-refractivity contribution >= 4 is 6.08 Å². The summed E-state index contributed by atoms with van der Waals surface area (Å²) >= 11 is 0. The van der Waals surface area contributed by atoms with Gasteiger partial charge in [-0.1, -0.05) is 43.3 Å². The van der Waals surface area contributed by atoms with E-state index in [0.29, 0.717) is 0 Å². The smallest absolute Gasteiger partial charge is 0.0266 e. The Balaban J connectivity index is 2.87. The molecule has 0 heterocycles. The lowest BCUT2D eigenvalue weighted by atomic mass is 10.2. The molecular weight excluding hydrogens is 124 g/mol. The molecule has 52 valence electrons. The van der Waals surface area contributed by atoms with Gasteiger partial charge in [0.15, 0.2) is 0 Å². The van der Waals surface area contributed by atoms with Gasteiger partial charge in [0.1, 0.15) is 0 Å². The molecule has 1 heteroatoms. The Bertz CT molecular complexity index is 220. The van der Waals surface area contributed by atoms with Crippen LogP contribution in [-0.2, 0) is 0 Å². The molecule has 1 aromatic rings. The fraction of sp³-hybridized carbons (Fsp3) is 0.111. The van der Waals surface area contributed by atoms with Crippen molar-refractivity contribution in [3.8, 4) is 0 Å². The standard InChI is InChI=1S/C9H10O/c1-8(10)7-9-5-3-2-4-6-9/h2-7,10H,1H3/p-1/b8-7+. The predicted molar refractivity (Wildman–Crippen MR) is 40.1 cm³/mol. The summed E-state index contributed by atoms with van der Waals surface area (Å²) in [5.74, 6) is 0.0891. The minimum atomic E-state index is 0.0891. The summed E-state index contributed by atoms with van der Waals surface area (Å²) < 4.78 is 0. The third-order valence-electron chi connectivity index (χ3n) is 1.17. The van der Waals surface area contributed by atoms with Crippen LogP contribution in [0.3, 0.4) is 0 Å². The maximum Gasteiger partial charge on any atom is -0.0266 e. The molecule has 1 nitrogen and oxygen atoms in total. The highest BCUT2D eigenvalue weighted by molar-refractivity contribution is 5.49. The van der Waals surface area contributed by atoms with E-state index >= 15 is 0 Å². The second kappa shape index (κ2) is 3.06. The minimum absolute atomic E-state index is 0.0891. The zero-order chi connectivity index (χ0) is 7.40. The van der Waals surface area contributed by atoms with Gasteiger partial charge in [-0.15, -0.1) is 5.76 Å². The van der Waals surface area contributed by atoms with Crippen molar-refractivity contribution in [2.24, 2.45) is 0 Å². The fourth-order valence-corrected chi connectivity index (χ4v) is 0.784. The molecule has 1 rings (SSSR count).